The normalized spacial score (nSPS) is 1.78. The van der Waals surface area contributed by atoms with Gasteiger partial charge in [0.1, 0.15) is 0 Å². The van der Waals surface area contributed by atoms with Gasteiger partial charge < -0.3 is 0 Å². The summed E-state index contributed by atoms with van der Waals surface area (Å²) in [6.45, 7) is 0. The summed E-state index contributed by atoms with van der Waals surface area (Å²) in [5.41, 5.74) is 0. The van der Waals surface area contributed by atoms with Gasteiger partial charge in [0.05, 0.1) is 0 Å². The van der Waals surface area contributed by atoms with Gasteiger partial charge in [-0.15, -0.1) is 0 Å². The topological polar surface area (TPSA) is 80.3 Å². The third kappa shape index (κ3) is 83.0. The van der Waals surface area contributed by atoms with E-state index in [4.69, 9.17) is 15.9 Å². The van der Waals surface area contributed by atoms with E-state index in [0.717, 1.165) is 0 Å². The molecule has 0 aromatic rings. The predicted molar refractivity (Wildman–Crippen MR) is 18.6 cm³/mol. The number of hydrogen-bond acceptors (Lipinski definition) is 4. The zero-order chi connectivity index (χ0) is 5.41. The van der Waals surface area contributed by atoms with Gasteiger partial charge in [0.25, 0.3) is 0 Å². The van der Waals surface area contributed by atoms with Crippen LogP contribution >= 0.6 is 0 Å². The van der Waals surface area contributed by atoms with E-state index in [1.807, 2.05) is 0 Å². The second-order valence-corrected chi connectivity index (χ2v) is 0.577. The summed E-state index contributed by atoms with van der Waals surface area (Å²) in [5.74, 6) is 0. The zero-order valence-corrected chi connectivity index (χ0v) is 15.1. The summed E-state index contributed by atoms with van der Waals surface area (Å²) in [4.78, 5) is 0. The molecule has 0 spiro atoms. The summed E-state index contributed by atoms with van der Waals surface area (Å²) < 4.78 is 33.8. The van der Waals surface area contributed by atoms with Gasteiger partial charge in [0, 0.05) is 76.4 Å². The van der Waals surface area contributed by atoms with Crippen molar-refractivity contribution >= 4 is 54.0 Å². The molecule has 0 unspecified atom stereocenters. The van der Waals surface area contributed by atoms with Gasteiger partial charge in [0.15, 0.2) is 0 Å². The van der Waals surface area contributed by atoms with Crippen molar-refractivity contribution in [3.05, 3.63) is 0 Å². The third-order valence-electron chi connectivity index (χ3n) is 0. The van der Waals surface area contributed by atoms with Crippen LogP contribution in [0.5, 0.6) is 0 Å². The van der Waals surface area contributed by atoms with Gasteiger partial charge in [-0.1, -0.05) is 0 Å². The number of hydrogen-bond donors (Lipinski definition) is 0. The standard InChI is InChI=1S/2Al.La.Mg.Nd.4O/q;;;+2;;;;2*-1. The van der Waals surface area contributed by atoms with Gasteiger partial charge in [-0.25, -0.2) is 0 Å². The molecule has 1 radical (unpaired) electrons. The molecule has 0 bridgehead atoms. The van der Waals surface area contributed by atoms with E-state index in [1.165, 1.54) is 0 Å². The molecule has 0 aromatic carbocycles. The Balaban J connectivity index is -0.00000000889. The summed E-state index contributed by atoms with van der Waals surface area (Å²) in [6.07, 6.45) is 0. The molecular formula is Al2LaMgNdO4. The minimum atomic E-state index is -1.75. The first kappa shape index (κ1) is 29.4. The maximum absolute atomic E-state index is 8.46. The second kappa shape index (κ2) is 41.6. The van der Waals surface area contributed by atoms with Gasteiger partial charge in [-0.05, 0) is 0 Å². The minimum absolute atomic E-state index is 0. The van der Waals surface area contributed by atoms with Crippen LogP contribution in [0.15, 0.2) is 0 Å². The Morgan fingerprint density at radius 3 is 1.00 bits per heavy atom. The van der Waals surface area contributed by atoms with E-state index in [-0.39, 0.29) is 99.5 Å². The van der Waals surface area contributed by atoms with Crippen molar-refractivity contribution in [1.29, 1.82) is 0 Å². The first-order chi connectivity index (χ1) is 2.83. The van der Waals surface area contributed by atoms with Crippen LogP contribution < -0.4 is 8.32 Å². The molecule has 0 saturated carbocycles. The predicted octanol–water partition coefficient (Wildman–Crippen LogP) is -3.76. The molecular weight excluding hydrogens is 425 g/mol. The molecule has 9 heavy (non-hydrogen) atoms. The van der Waals surface area contributed by atoms with Crippen LogP contribution in [0.4, 0.5) is 0 Å². The van der Waals surface area contributed by atoms with Gasteiger partial charge >= 0.3 is 70.0 Å². The summed E-state index contributed by atoms with van der Waals surface area (Å²) >= 11 is -3.50. The molecule has 0 N–H and O–H groups in total. The SMILES string of the molecule is [La].[Mg+2].[Nd].[O]=[Al][O-].[O]=[Al][O-]. The molecule has 0 aliphatic carbocycles. The Labute approximate surface area is 143 Å². The van der Waals surface area contributed by atoms with Crippen molar-refractivity contribution in [3.8, 4) is 0 Å². The first-order valence-corrected chi connectivity index (χ1v) is 2.83. The van der Waals surface area contributed by atoms with Crippen LogP contribution in [-0.4, -0.2) is 54.0 Å². The van der Waals surface area contributed by atoms with Gasteiger partial charge in [-0.3, -0.25) is 0 Å². The maximum atomic E-state index is 8.46. The molecule has 4 nitrogen and oxygen atoms in total. The van der Waals surface area contributed by atoms with Crippen LogP contribution in [0.1, 0.15) is 0 Å². The van der Waals surface area contributed by atoms with Crippen molar-refractivity contribution in [2.45, 2.75) is 0 Å². The molecule has 0 fully saturated rings. The van der Waals surface area contributed by atoms with E-state index in [9.17, 15) is 0 Å². The third-order valence-corrected chi connectivity index (χ3v) is 0. The van der Waals surface area contributed by atoms with E-state index in [1.54, 1.807) is 0 Å². The molecule has 0 atom stereocenters. The fourth-order valence-electron chi connectivity index (χ4n) is 0. The molecule has 0 saturated heterocycles. The molecule has 9 heteroatoms. The average molecular weight is 425 g/mol. The molecule has 0 rings (SSSR count). The van der Waals surface area contributed by atoms with Gasteiger partial charge in [0.2, 0.25) is 0 Å². The van der Waals surface area contributed by atoms with E-state index < -0.39 is 31.0 Å². The molecule has 0 amide bonds. The van der Waals surface area contributed by atoms with E-state index >= 15 is 0 Å². The quantitative estimate of drug-likeness (QED) is 0.374. The van der Waals surface area contributed by atoms with Crippen LogP contribution in [0.2, 0.25) is 0 Å². The van der Waals surface area contributed by atoms with Crippen LogP contribution in [0.25, 0.3) is 0 Å². The summed E-state index contributed by atoms with van der Waals surface area (Å²) in [6, 6.07) is 0. The van der Waals surface area contributed by atoms with Crippen molar-refractivity contribution in [2.24, 2.45) is 0 Å². The van der Waals surface area contributed by atoms with Crippen LogP contribution in [0, 0.1) is 76.4 Å². The van der Waals surface area contributed by atoms with E-state index in [2.05, 4.69) is 0 Å². The van der Waals surface area contributed by atoms with Crippen LogP contribution in [0.3, 0.4) is 0 Å². The molecule has 0 aromatic heterocycles. The molecule has 0 aliphatic rings. The fourth-order valence-corrected chi connectivity index (χ4v) is 0. The molecule has 0 aliphatic heterocycles. The summed E-state index contributed by atoms with van der Waals surface area (Å²) in [7, 11) is 0. The average Bonchev–Trinajstić information content (AvgIpc) is 1.39. The Bertz CT molecular complexity index is 39.5. The van der Waals surface area contributed by atoms with Crippen molar-refractivity contribution < 1.29 is 92.4 Å². The summed E-state index contributed by atoms with van der Waals surface area (Å²) in [5, 5.41) is 0. The molecule has 0 heterocycles. The monoisotopic (exact) mass is 423 g/mol. The van der Waals surface area contributed by atoms with Gasteiger partial charge in [-0.2, -0.15) is 0 Å². The van der Waals surface area contributed by atoms with Crippen molar-refractivity contribution in [3.63, 3.8) is 0 Å². The van der Waals surface area contributed by atoms with Crippen molar-refractivity contribution in [2.75, 3.05) is 0 Å². The van der Waals surface area contributed by atoms with Crippen LogP contribution in [-0.2, 0) is 7.61 Å². The molecule has 39 valence electrons. The first-order valence-electron chi connectivity index (χ1n) is 0.943. The number of rotatable bonds is 0. The Morgan fingerprint density at radius 1 is 1.00 bits per heavy atom. The fraction of sp³-hybridized carbons (Fsp3) is 0. The Kier molecular flexibility index (Phi) is 136. The zero-order valence-electron chi connectivity index (χ0n) is 4.57. The second-order valence-electron chi connectivity index (χ2n) is 0.192. The Hall–Kier alpha value is 3.58. The Morgan fingerprint density at radius 2 is 1.00 bits per heavy atom. The van der Waals surface area contributed by atoms with E-state index in [0.29, 0.717) is 0 Å². The van der Waals surface area contributed by atoms with Crippen molar-refractivity contribution in [1.82, 2.24) is 0 Å².